The predicted molar refractivity (Wildman–Crippen MR) is 123 cm³/mol. The number of ketones is 1. The van der Waals surface area contributed by atoms with Crippen molar-refractivity contribution in [1.82, 2.24) is 15.5 Å². The molecule has 0 spiro atoms. The number of carbonyl (C=O) groups excluding carboxylic acids is 2. The molecule has 2 aromatic carbocycles. The van der Waals surface area contributed by atoms with Crippen LogP contribution in [0.4, 0.5) is 8.78 Å². The minimum absolute atomic E-state index is 0.0834. The number of nitrogens with one attached hydrogen (secondary N) is 1. The second-order valence-corrected chi connectivity index (χ2v) is 8.52. The maximum Gasteiger partial charge on any atom is 0.268 e. The molecule has 4 rings (SSSR count). The van der Waals surface area contributed by atoms with Gasteiger partial charge in [0.25, 0.3) is 11.8 Å². The number of benzene rings is 2. The largest absolute Gasteiger partial charge is 0.481 e. The van der Waals surface area contributed by atoms with Crippen LogP contribution in [0.1, 0.15) is 58.9 Å². The van der Waals surface area contributed by atoms with Crippen LogP contribution in [0, 0.1) is 5.82 Å². The van der Waals surface area contributed by atoms with Crippen molar-refractivity contribution in [3.63, 3.8) is 0 Å². The van der Waals surface area contributed by atoms with Crippen molar-refractivity contribution in [3.05, 3.63) is 65.3 Å². The predicted octanol–water partition coefficient (Wildman–Crippen LogP) is 3.17. The van der Waals surface area contributed by atoms with Gasteiger partial charge in [-0.05, 0) is 55.7 Å². The first kappa shape index (κ1) is 25.4. The number of hydrogen-bond donors (Lipinski definition) is 3. The number of hydrogen-bond acceptors (Lipinski definition) is 8. The van der Waals surface area contributed by atoms with E-state index in [1.54, 1.807) is 12.1 Å². The minimum Gasteiger partial charge on any atom is -0.481 e. The molecule has 1 aliphatic rings. The monoisotopic (exact) mass is 501 g/mol. The molecule has 3 N–H and O–H groups in total. The Kier molecular flexibility index (Phi) is 7.41. The van der Waals surface area contributed by atoms with Gasteiger partial charge < -0.3 is 24.8 Å². The number of carbonyl (C=O) groups is 2. The summed E-state index contributed by atoms with van der Waals surface area (Å²) < 4.78 is 39.8. The topological polar surface area (TPSA) is 135 Å². The summed E-state index contributed by atoms with van der Waals surface area (Å²) in [5.41, 5.74) is -1.47. The summed E-state index contributed by atoms with van der Waals surface area (Å²) in [4.78, 5) is 28.6. The van der Waals surface area contributed by atoms with Crippen LogP contribution < -0.4 is 10.1 Å². The van der Waals surface area contributed by atoms with E-state index in [-0.39, 0.29) is 41.2 Å². The zero-order valence-electron chi connectivity index (χ0n) is 19.4. The average Bonchev–Trinajstić information content (AvgIpc) is 3.45. The molecule has 36 heavy (non-hydrogen) atoms. The van der Waals surface area contributed by atoms with Crippen molar-refractivity contribution in [2.75, 3.05) is 13.2 Å². The van der Waals surface area contributed by atoms with E-state index < -0.39 is 48.5 Å². The maximum atomic E-state index is 14.6. The first-order chi connectivity index (χ1) is 17.3. The van der Waals surface area contributed by atoms with Crippen molar-refractivity contribution in [3.8, 4) is 17.1 Å². The SMILES string of the molecule is CC[C@@H](Oc1ccc(C(=O)C2(F)CC2)cc1)c1nc(-c2ccc(C(=O)NC(CO)CO)c(F)c2)no1. The third-order valence-corrected chi connectivity index (χ3v) is 5.83. The Labute approximate surface area is 205 Å². The van der Waals surface area contributed by atoms with Gasteiger partial charge >= 0.3 is 0 Å². The highest BCUT2D eigenvalue weighted by Crippen LogP contribution is 2.42. The second-order valence-electron chi connectivity index (χ2n) is 8.52. The standard InChI is InChI=1S/C25H25F2N3O6/c1-2-20(35-17-6-3-14(4-7-17)21(33)25(27)9-10-25)24-29-22(30-36-24)15-5-8-18(19(26)11-15)23(34)28-16(12-31)13-32/h3-8,11,16,20,31-32H,2,9-10,12-13H2,1H3,(H,28,34)/t20-/m1/s1. The number of nitrogens with zero attached hydrogens (tertiary/aromatic N) is 2. The fourth-order valence-corrected chi connectivity index (χ4v) is 3.49. The van der Waals surface area contributed by atoms with Crippen molar-refractivity contribution < 1.29 is 37.8 Å². The highest BCUT2D eigenvalue weighted by molar-refractivity contribution is 6.04. The first-order valence-electron chi connectivity index (χ1n) is 11.4. The van der Waals surface area contributed by atoms with Gasteiger partial charge in [0.2, 0.25) is 5.82 Å². The molecule has 190 valence electrons. The zero-order chi connectivity index (χ0) is 25.9. The van der Waals surface area contributed by atoms with Gasteiger partial charge in [0, 0.05) is 11.1 Å². The molecule has 0 bridgehead atoms. The second kappa shape index (κ2) is 10.5. The van der Waals surface area contributed by atoms with Gasteiger partial charge in [-0.25, -0.2) is 8.78 Å². The van der Waals surface area contributed by atoms with Gasteiger partial charge in [-0.2, -0.15) is 4.98 Å². The highest BCUT2D eigenvalue weighted by Gasteiger charge is 2.50. The van der Waals surface area contributed by atoms with Gasteiger partial charge in [0.15, 0.2) is 17.6 Å². The number of rotatable bonds is 11. The van der Waals surface area contributed by atoms with Crippen LogP contribution in [-0.4, -0.2) is 57.0 Å². The molecule has 9 nitrogen and oxygen atoms in total. The lowest BCUT2D eigenvalue weighted by atomic mass is 10.1. The molecule has 3 aromatic rings. The van der Waals surface area contributed by atoms with Gasteiger partial charge in [0.1, 0.15) is 11.6 Å². The number of aromatic nitrogens is 2. The normalized spacial score (nSPS) is 14.9. The van der Waals surface area contributed by atoms with E-state index in [4.69, 9.17) is 19.5 Å². The zero-order valence-corrected chi connectivity index (χ0v) is 19.4. The van der Waals surface area contributed by atoms with Crippen LogP contribution in [0.25, 0.3) is 11.4 Å². The Balaban J connectivity index is 1.45. The van der Waals surface area contributed by atoms with Gasteiger partial charge in [-0.3, -0.25) is 9.59 Å². The van der Waals surface area contributed by atoms with Gasteiger partial charge in [0.05, 0.1) is 24.8 Å². The van der Waals surface area contributed by atoms with Crippen LogP contribution in [0.5, 0.6) is 5.75 Å². The van der Waals surface area contributed by atoms with Crippen molar-refractivity contribution in [1.29, 1.82) is 0 Å². The number of aliphatic hydroxyl groups is 2. The van der Waals surface area contributed by atoms with E-state index in [9.17, 15) is 18.4 Å². The number of Topliss-reactive ketones (excluding diaryl/α,β-unsaturated/α-hetero) is 1. The maximum absolute atomic E-state index is 14.6. The third-order valence-electron chi connectivity index (χ3n) is 5.83. The third kappa shape index (κ3) is 5.42. The fraction of sp³-hybridized carbons (Fsp3) is 0.360. The Morgan fingerprint density at radius 1 is 1.17 bits per heavy atom. The average molecular weight is 501 g/mol. The summed E-state index contributed by atoms with van der Waals surface area (Å²) in [5.74, 6) is -1.51. The van der Waals surface area contributed by atoms with Gasteiger partial charge in [-0.15, -0.1) is 0 Å². The Morgan fingerprint density at radius 2 is 1.86 bits per heavy atom. The molecule has 1 aliphatic carbocycles. The van der Waals surface area contributed by atoms with Crippen LogP contribution in [0.15, 0.2) is 47.0 Å². The number of halogens is 2. The quantitative estimate of drug-likeness (QED) is 0.341. The minimum atomic E-state index is -1.74. The molecule has 0 unspecified atom stereocenters. The summed E-state index contributed by atoms with van der Waals surface area (Å²) in [6.45, 7) is 0.856. The van der Waals surface area contributed by atoms with E-state index in [1.807, 2.05) is 6.92 Å². The van der Waals surface area contributed by atoms with E-state index in [0.29, 0.717) is 12.2 Å². The molecule has 11 heteroatoms. The number of aliphatic hydroxyl groups excluding tert-OH is 2. The van der Waals surface area contributed by atoms with Crippen molar-refractivity contribution in [2.24, 2.45) is 0 Å². The van der Waals surface area contributed by atoms with E-state index in [1.165, 1.54) is 24.3 Å². The number of ether oxygens (including phenoxy) is 1. The lowest BCUT2D eigenvalue weighted by Gasteiger charge is -2.14. The summed E-state index contributed by atoms with van der Waals surface area (Å²) >= 11 is 0. The molecule has 1 aromatic heterocycles. The number of alkyl halides is 1. The van der Waals surface area contributed by atoms with E-state index in [2.05, 4.69) is 15.5 Å². The molecule has 0 saturated heterocycles. The molecule has 1 fully saturated rings. The van der Waals surface area contributed by atoms with E-state index in [0.717, 1.165) is 6.07 Å². The molecule has 0 radical (unpaired) electrons. The smallest absolute Gasteiger partial charge is 0.268 e. The molecule has 1 amide bonds. The van der Waals surface area contributed by atoms with Crippen LogP contribution in [0.2, 0.25) is 0 Å². The molecular weight excluding hydrogens is 476 g/mol. The Hall–Kier alpha value is -3.70. The lowest BCUT2D eigenvalue weighted by molar-refractivity contribution is 0.0849. The van der Waals surface area contributed by atoms with Crippen molar-refractivity contribution in [2.45, 2.75) is 44.0 Å². The van der Waals surface area contributed by atoms with E-state index >= 15 is 0 Å². The van der Waals surface area contributed by atoms with Crippen LogP contribution >= 0.6 is 0 Å². The summed E-state index contributed by atoms with van der Waals surface area (Å²) in [5, 5.41) is 24.3. The molecular formula is C25H25F2N3O6. The molecule has 1 saturated carbocycles. The lowest BCUT2D eigenvalue weighted by Crippen LogP contribution is -2.40. The number of amides is 1. The first-order valence-corrected chi connectivity index (χ1v) is 11.4. The van der Waals surface area contributed by atoms with Crippen LogP contribution in [0.3, 0.4) is 0 Å². The Bertz CT molecular complexity index is 1240. The molecule has 0 aliphatic heterocycles. The summed E-state index contributed by atoms with van der Waals surface area (Å²) in [6.07, 6.45) is 0.317. The van der Waals surface area contributed by atoms with Crippen molar-refractivity contribution >= 4 is 11.7 Å². The Morgan fingerprint density at radius 3 is 2.44 bits per heavy atom. The highest BCUT2D eigenvalue weighted by atomic mass is 19.1. The van der Waals surface area contributed by atoms with Crippen LogP contribution in [-0.2, 0) is 0 Å². The molecule has 1 heterocycles. The summed E-state index contributed by atoms with van der Waals surface area (Å²) in [7, 11) is 0. The van der Waals surface area contributed by atoms with Gasteiger partial charge in [-0.1, -0.05) is 18.1 Å². The molecule has 1 atom stereocenters. The summed E-state index contributed by atoms with van der Waals surface area (Å²) in [6, 6.07) is 8.99. The fourth-order valence-electron chi connectivity index (χ4n) is 3.49.